The molecule has 0 bridgehead atoms. The highest BCUT2D eigenvalue weighted by Crippen LogP contribution is 2.10. The zero-order chi connectivity index (χ0) is 16.3. The molecule has 7 heteroatoms. The van der Waals surface area contributed by atoms with Crippen LogP contribution in [0.5, 0.6) is 0 Å². The summed E-state index contributed by atoms with van der Waals surface area (Å²) in [5.41, 5.74) is 0.647. The number of aryl methyl sites for hydroxylation is 3. The highest BCUT2D eigenvalue weighted by atomic mass is 16.2. The lowest BCUT2D eigenvalue weighted by atomic mass is 10.2. The maximum absolute atomic E-state index is 12.3. The van der Waals surface area contributed by atoms with Crippen LogP contribution in [0.4, 0.5) is 0 Å². The number of nitrogens with one attached hydrogen (secondary N) is 1. The van der Waals surface area contributed by atoms with Crippen molar-refractivity contribution in [3.63, 3.8) is 0 Å². The summed E-state index contributed by atoms with van der Waals surface area (Å²) in [5.74, 6) is 0.276. The highest BCUT2D eigenvalue weighted by Gasteiger charge is 2.18. The third-order valence-corrected chi connectivity index (χ3v) is 3.57. The monoisotopic (exact) mass is 303 g/mol. The quantitative estimate of drug-likeness (QED) is 0.899. The van der Waals surface area contributed by atoms with Gasteiger partial charge in [-0.05, 0) is 20.3 Å². The normalized spacial score (nSPS) is 12.2. The van der Waals surface area contributed by atoms with Crippen LogP contribution in [0, 0.1) is 6.92 Å². The van der Waals surface area contributed by atoms with Gasteiger partial charge in [-0.25, -0.2) is 0 Å². The molecule has 7 nitrogen and oxygen atoms in total. The second-order valence-corrected chi connectivity index (χ2v) is 5.38. The van der Waals surface area contributed by atoms with Gasteiger partial charge in [0.1, 0.15) is 11.9 Å². The van der Waals surface area contributed by atoms with Gasteiger partial charge in [-0.1, -0.05) is 6.92 Å². The molecule has 0 unspecified atom stereocenters. The fraction of sp³-hybridized carbons (Fsp3) is 0.467. The highest BCUT2D eigenvalue weighted by molar-refractivity contribution is 5.94. The van der Waals surface area contributed by atoms with E-state index >= 15 is 0 Å². The lowest BCUT2D eigenvalue weighted by molar-refractivity contribution is 0.0935. The summed E-state index contributed by atoms with van der Waals surface area (Å²) in [6.07, 6.45) is 4.15. The molecular weight excluding hydrogens is 282 g/mol. The Hall–Kier alpha value is -2.44. The second-order valence-electron chi connectivity index (χ2n) is 5.38. The largest absolute Gasteiger partial charge is 0.354 e. The van der Waals surface area contributed by atoms with Crippen molar-refractivity contribution in [1.82, 2.24) is 24.6 Å². The van der Waals surface area contributed by atoms with Crippen molar-refractivity contribution < 1.29 is 4.79 Å². The van der Waals surface area contributed by atoms with Crippen LogP contribution in [-0.2, 0) is 13.6 Å². The van der Waals surface area contributed by atoms with Crippen LogP contribution in [-0.4, -0.2) is 25.2 Å². The van der Waals surface area contributed by atoms with Crippen LogP contribution >= 0.6 is 0 Å². The summed E-state index contributed by atoms with van der Waals surface area (Å²) in [4.78, 5) is 24.3. The molecule has 0 aromatic carbocycles. The van der Waals surface area contributed by atoms with Gasteiger partial charge in [-0.2, -0.15) is 0 Å². The van der Waals surface area contributed by atoms with Gasteiger partial charge in [-0.15, -0.1) is 10.2 Å². The van der Waals surface area contributed by atoms with Crippen molar-refractivity contribution >= 4 is 5.91 Å². The SMILES string of the molecule is CCCn1cnnc1[C@H](C)NC(=O)c1cn(C)c(C)cc1=O. The molecule has 0 spiro atoms. The Labute approximate surface area is 129 Å². The van der Waals surface area contributed by atoms with Gasteiger partial charge in [-0.3, -0.25) is 9.59 Å². The van der Waals surface area contributed by atoms with E-state index in [0.717, 1.165) is 18.7 Å². The number of amides is 1. The number of rotatable bonds is 5. The molecule has 22 heavy (non-hydrogen) atoms. The number of aromatic nitrogens is 4. The molecule has 0 saturated carbocycles. The van der Waals surface area contributed by atoms with Crippen molar-refractivity contribution in [2.45, 2.75) is 39.8 Å². The first-order chi connectivity index (χ1) is 10.4. The second kappa shape index (κ2) is 6.55. The smallest absolute Gasteiger partial charge is 0.257 e. The van der Waals surface area contributed by atoms with E-state index in [0.29, 0.717) is 5.82 Å². The standard InChI is InChI=1S/C15H21N5O2/c1-5-6-20-9-16-18-14(20)11(3)17-15(22)12-8-19(4)10(2)7-13(12)21/h7-9,11H,5-6H2,1-4H3,(H,17,22)/t11-/m0/s1. The van der Waals surface area contributed by atoms with Crippen molar-refractivity contribution in [3.05, 3.63) is 45.9 Å². The van der Waals surface area contributed by atoms with E-state index in [-0.39, 0.29) is 17.0 Å². The van der Waals surface area contributed by atoms with E-state index in [1.54, 1.807) is 24.1 Å². The fourth-order valence-electron chi connectivity index (χ4n) is 2.25. The summed E-state index contributed by atoms with van der Waals surface area (Å²) < 4.78 is 3.65. The summed E-state index contributed by atoms with van der Waals surface area (Å²) >= 11 is 0. The van der Waals surface area contributed by atoms with E-state index in [1.165, 1.54) is 6.07 Å². The molecule has 2 heterocycles. The Morgan fingerprint density at radius 1 is 1.45 bits per heavy atom. The van der Waals surface area contributed by atoms with Crippen molar-refractivity contribution in [1.29, 1.82) is 0 Å². The number of hydrogen-bond acceptors (Lipinski definition) is 4. The first-order valence-electron chi connectivity index (χ1n) is 7.29. The van der Waals surface area contributed by atoms with Crippen LogP contribution in [0.25, 0.3) is 0 Å². The molecule has 0 aliphatic rings. The molecule has 118 valence electrons. The van der Waals surface area contributed by atoms with E-state index in [1.807, 2.05) is 18.4 Å². The van der Waals surface area contributed by atoms with Crippen molar-refractivity contribution in [2.75, 3.05) is 0 Å². The summed E-state index contributed by atoms with van der Waals surface area (Å²) in [5, 5.41) is 10.7. The minimum absolute atomic E-state index is 0.126. The van der Waals surface area contributed by atoms with Crippen LogP contribution in [0.2, 0.25) is 0 Å². The Bertz CT molecular complexity index is 732. The predicted octanol–water partition coefficient (Wildman–Crippen LogP) is 1.19. The molecular formula is C15H21N5O2. The Balaban J connectivity index is 2.20. The van der Waals surface area contributed by atoms with E-state index in [9.17, 15) is 9.59 Å². The molecule has 1 atom stereocenters. The van der Waals surface area contributed by atoms with Gasteiger partial charge in [0.05, 0.1) is 6.04 Å². The van der Waals surface area contributed by atoms with Crippen LogP contribution in [0.1, 0.15) is 48.2 Å². The van der Waals surface area contributed by atoms with Crippen LogP contribution < -0.4 is 10.7 Å². The van der Waals surface area contributed by atoms with Crippen LogP contribution in [0.3, 0.4) is 0 Å². The molecule has 1 N–H and O–H groups in total. The molecule has 2 aromatic rings. The Kier molecular flexibility index (Phi) is 4.75. The third kappa shape index (κ3) is 3.24. The van der Waals surface area contributed by atoms with Crippen molar-refractivity contribution in [2.24, 2.45) is 7.05 Å². The topological polar surface area (TPSA) is 81.8 Å². The minimum Gasteiger partial charge on any atom is -0.354 e. The zero-order valence-corrected chi connectivity index (χ0v) is 13.3. The molecule has 1 amide bonds. The average molecular weight is 303 g/mol. The molecule has 0 aliphatic carbocycles. The lowest BCUT2D eigenvalue weighted by Crippen LogP contribution is -2.32. The molecule has 0 aliphatic heterocycles. The maximum atomic E-state index is 12.3. The summed E-state index contributed by atoms with van der Waals surface area (Å²) in [6.45, 7) is 6.49. The van der Waals surface area contributed by atoms with Gasteiger partial charge in [0.25, 0.3) is 5.91 Å². The fourth-order valence-corrected chi connectivity index (χ4v) is 2.25. The van der Waals surface area contributed by atoms with Gasteiger partial charge in [0.15, 0.2) is 11.3 Å². The summed E-state index contributed by atoms with van der Waals surface area (Å²) in [6, 6.07) is 1.13. The van der Waals surface area contributed by atoms with Gasteiger partial charge >= 0.3 is 0 Å². The Morgan fingerprint density at radius 3 is 2.86 bits per heavy atom. The van der Waals surface area contributed by atoms with E-state index < -0.39 is 5.91 Å². The first-order valence-corrected chi connectivity index (χ1v) is 7.29. The number of pyridine rings is 1. The Morgan fingerprint density at radius 2 is 2.18 bits per heavy atom. The molecule has 0 saturated heterocycles. The van der Waals surface area contributed by atoms with Gasteiger partial charge in [0, 0.05) is 31.5 Å². The van der Waals surface area contributed by atoms with Gasteiger partial charge in [0.2, 0.25) is 0 Å². The number of hydrogen-bond donors (Lipinski definition) is 1. The van der Waals surface area contributed by atoms with Crippen LogP contribution in [0.15, 0.2) is 23.4 Å². The summed E-state index contributed by atoms with van der Waals surface area (Å²) in [7, 11) is 1.80. The van der Waals surface area contributed by atoms with Crippen molar-refractivity contribution in [3.8, 4) is 0 Å². The molecule has 2 aromatic heterocycles. The average Bonchev–Trinajstić information content (AvgIpc) is 2.91. The number of carbonyl (C=O) groups is 1. The zero-order valence-electron chi connectivity index (χ0n) is 13.3. The molecule has 2 rings (SSSR count). The van der Waals surface area contributed by atoms with E-state index in [4.69, 9.17) is 0 Å². The number of nitrogens with zero attached hydrogens (tertiary/aromatic N) is 4. The first kappa shape index (κ1) is 15.9. The number of carbonyl (C=O) groups excluding carboxylic acids is 1. The molecule has 0 fully saturated rings. The minimum atomic E-state index is -0.404. The predicted molar refractivity (Wildman–Crippen MR) is 82.6 cm³/mol. The third-order valence-electron chi connectivity index (χ3n) is 3.57. The van der Waals surface area contributed by atoms with Gasteiger partial charge < -0.3 is 14.5 Å². The maximum Gasteiger partial charge on any atom is 0.257 e. The lowest BCUT2D eigenvalue weighted by Gasteiger charge is -2.15. The molecule has 0 radical (unpaired) electrons. The van der Waals surface area contributed by atoms with E-state index in [2.05, 4.69) is 22.4 Å².